The van der Waals surface area contributed by atoms with Gasteiger partial charge in [0.05, 0.1) is 11.5 Å². The topological polar surface area (TPSA) is 43.4 Å². The summed E-state index contributed by atoms with van der Waals surface area (Å²) in [5.41, 5.74) is 4.04. The Morgan fingerprint density at radius 3 is 2.17 bits per heavy atom. The fourth-order valence-electron chi connectivity index (χ4n) is 2.25. The maximum absolute atomic E-state index is 12.4. The second-order valence-corrected chi connectivity index (χ2v) is 7.98. The van der Waals surface area contributed by atoms with Crippen molar-refractivity contribution in [2.24, 2.45) is 5.92 Å². The van der Waals surface area contributed by atoms with Crippen LogP contribution in [-0.4, -0.2) is 15.0 Å². The Labute approximate surface area is 139 Å². The molecule has 0 aliphatic heterocycles. The fraction of sp³-hybridized carbons (Fsp3) is 0.368. The Hall–Kier alpha value is -1.65. The second kappa shape index (κ2) is 7.28. The predicted molar refractivity (Wildman–Crippen MR) is 93.1 cm³/mol. The summed E-state index contributed by atoms with van der Waals surface area (Å²) >= 11 is 0. The van der Waals surface area contributed by atoms with E-state index in [1.165, 1.54) is 5.56 Å². The van der Waals surface area contributed by atoms with E-state index in [1.807, 2.05) is 32.9 Å². The molecule has 0 saturated carbocycles. The molecule has 0 spiro atoms. The van der Waals surface area contributed by atoms with Gasteiger partial charge in [0.1, 0.15) is 0 Å². The van der Waals surface area contributed by atoms with E-state index in [0.717, 1.165) is 11.1 Å². The first-order valence-corrected chi connectivity index (χ1v) is 9.23. The van der Waals surface area contributed by atoms with E-state index >= 15 is 0 Å². The lowest BCUT2D eigenvalue weighted by molar-refractivity contribution is 0.275. The summed E-state index contributed by atoms with van der Waals surface area (Å²) in [5, 5.41) is 0. The Morgan fingerprint density at radius 2 is 1.57 bits per heavy atom. The Balaban J connectivity index is 2.26. The largest absolute Gasteiger partial charge is 0.297 e. The normalized spacial score (nSPS) is 11.9. The van der Waals surface area contributed by atoms with Crippen LogP contribution in [0.1, 0.15) is 36.1 Å². The van der Waals surface area contributed by atoms with Gasteiger partial charge in [0.2, 0.25) is 0 Å². The molecule has 0 bridgehead atoms. The molecule has 3 nitrogen and oxygen atoms in total. The van der Waals surface area contributed by atoms with Gasteiger partial charge in [0.15, 0.2) is 0 Å². The number of hydrogen-bond acceptors (Lipinski definition) is 3. The first kappa shape index (κ1) is 17.7. The summed E-state index contributed by atoms with van der Waals surface area (Å²) < 4.78 is 29.9. The molecule has 0 amide bonds. The average molecular weight is 332 g/mol. The minimum absolute atomic E-state index is 0.167. The number of aryl methyl sites for hydroxylation is 2. The highest BCUT2D eigenvalue weighted by Gasteiger charge is 2.19. The summed E-state index contributed by atoms with van der Waals surface area (Å²) in [6.07, 6.45) is 0.702. The molecule has 0 aromatic heterocycles. The van der Waals surface area contributed by atoms with Crippen LogP contribution in [-0.2, 0) is 20.7 Å². The molecule has 0 unspecified atom stereocenters. The van der Waals surface area contributed by atoms with E-state index in [9.17, 15) is 8.42 Å². The van der Waals surface area contributed by atoms with Crippen molar-refractivity contribution in [3.8, 4) is 0 Å². The Bertz CT molecular complexity index is 760. The molecule has 4 heteroatoms. The molecule has 0 fully saturated rings. The first-order valence-electron chi connectivity index (χ1n) is 7.82. The minimum Gasteiger partial charge on any atom is -0.266 e. The van der Waals surface area contributed by atoms with Crippen LogP contribution < -0.4 is 0 Å². The summed E-state index contributed by atoms with van der Waals surface area (Å²) in [6, 6.07) is 13.8. The number of rotatable bonds is 6. The third kappa shape index (κ3) is 4.91. The molecule has 0 heterocycles. The highest BCUT2D eigenvalue weighted by atomic mass is 32.2. The van der Waals surface area contributed by atoms with E-state index in [4.69, 9.17) is 4.18 Å². The maximum Gasteiger partial charge on any atom is 0.297 e. The van der Waals surface area contributed by atoms with E-state index in [-0.39, 0.29) is 17.4 Å². The Kier molecular flexibility index (Phi) is 5.60. The van der Waals surface area contributed by atoms with E-state index in [2.05, 4.69) is 24.3 Å². The molecule has 2 rings (SSSR count). The molecular weight excluding hydrogens is 308 g/mol. The van der Waals surface area contributed by atoms with Gasteiger partial charge in [0, 0.05) is 0 Å². The highest BCUT2D eigenvalue weighted by molar-refractivity contribution is 7.86. The number of hydrogen-bond donors (Lipinski definition) is 0. The lowest BCUT2D eigenvalue weighted by Crippen LogP contribution is -2.12. The van der Waals surface area contributed by atoms with Crippen molar-refractivity contribution in [3.63, 3.8) is 0 Å². The molecule has 0 atom stereocenters. The van der Waals surface area contributed by atoms with Gasteiger partial charge < -0.3 is 0 Å². The smallest absolute Gasteiger partial charge is 0.266 e. The standard InChI is InChI=1S/C19H24O3S/c1-14(2)13-22-23(20,21)19-12-18(10-7-16(19)4)11-17-8-5-15(3)6-9-17/h5-10,12,14H,11,13H2,1-4H3. The van der Waals surface area contributed by atoms with E-state index < -0.39 is 10.1 Å². The van der Waals surface area contributed by atoms with Crippen LogP contribution in [0.15, 0.2) is 47.4 Å². The first-order chi connectivity index (χ1) is 10.8. The van der Waals surface area contributed by atoms with Crippen LogP contribution in [0.3, 0.4) is 0 Å². The van der Waals surface area contributed by atoms with Crippen molar-refractivity contribution < 1.29 is 12.6 Å². The minimum atomic E-state index is -3.71. The van der Waals surface area contributed by atoms with Crippen molar-refractivity contribution in [2.75, 3.05) is 6.61 Å². The summed E-state index contributed by atoms with van der Waals surface area (Å²) in [7, 11) is -3.71. The third-order valence-electron chi connectivity index (χ3n) is 3.61. The molecular formula is C19H24O3S. The van der Waals surface area contributed by atoms with Gasteiger partial charge in [-0.2, -0.15) is 8.42 Å². The Morgan fingerprint density at radius 1 is 0.957 bits per heavy atom. The van der Waals surface area contributed by atoms with Crippen LogP contribution in [0, 0.1) is 19.8 Å². The average Bonchev–Trinajstić information content (AvgIpc) is 2.49. The molecule has 2 aromatic carbocycles. The predicted octanol–water partition coefficient (Wildman–Crippen LogP) is 4.26. The van der Waals surface area contributed by atoms with Crippen LogP contribution >= 0.6 is 0 Å². The van der Waals surface area contributed by atoms with Crippen molar-refractivity contribution >= 4 is 10.1 Å². The van der Waals surface area contributed by atoms with E-state index in [0.29, 0.717) is 12.0 Å². The van der Waals surface area contributed by atoms with Gasteiger partial charge in [-0.15, -0.1) is 0 Å². The molecule has 0 aliphatic rings. The third-order valence-corrected chi connectivity index (χ3v) is 5.03. The molecule has 0 N–H and O–H groups in total. The van der Waals surface area contributed by atoms with E-state index in [1.54, 1.807) is 13.0 Å². The molecule has 2 aromatic rings. The summed E-state index contributed by atoms with van der Waals surface area (Å²) in [4.78, 5) is 0.266. The lowest BCUT2D eigenvalue weighted by atomic mass is 10.0. The van der Waals surface area contributed by atoms with Crippen LogP contribution in [0.4, 0.5) is 0 Å². The number of benzene rings is 2. The van der Waals surface area contributed by atoms with Gasteiger partial charge in [-0.25, -0.2) is 0 Å². The van der Waals surface area contributed by atoms with Crippen LogP contribution in [0.2, 0.25) is 0 Å². The monoisotopic (exact) mass is 332 g/mol. The van der Waals surface area contributed by atoms with Gasteiger partial charge in [-0.3, -0.25) is 4.18 Å². The zero-order valence-corrected chi connectivity index (χ0v) is 15.0. The SMILES string of the molecule is Cc1ccc(Cc2ccc(C)c(S(=O)(=O)OCC(C)C)c2)cc1. The second-order valence-electron chi connectivity index (χ2n) is 6.39. The molecule has 23 heavy (non-hydrogen) atoms. The zero-order valence-electron chi connectivity index (χ0n) is 14.2. The van der Waals surface area contributed by atoms with Crippen LogP contribution in [0.25, 0.3) is 0 Å². The van der Waals surface area contributed by atoms with Gasteiger partial charge in [0.25, 0.3) is 10.1 Å². The maximum atomic E-state index is 12.4. The van der Waals surface area contributed by atoms with Gasteiger partial charge >= 0.3 is 0 Å². The van der Waals surface area contributed by atoms with Crippen molar-refractivity contribution in [1.82, 2.24) is 0 Å². The highest BCUT2D eigenvalue weighted by Crippen LogP contribution is 2.22. The molecule has 0 saturated heterocycles. The lowest BCUT2D eigenvalue weighted by Gasteiger charge is -2.12. The van der Waals surface area contributed by atoms with Crippen LogP contribution in [0.5, 0.6) is 0 Å². The van der Waals surface area contributed by atoms with Gasteiger partial charge in [-0.05, 0) is 48.9 Å². The molecule has 0 aliphatic carbocycles. The quantitative estimate of drug-likeness (QED) is 0.743. The molecule has 0 radical (unpaired) electrons. The molecule has 124 valence electrons. The van der Waals surface area contributed by atoms with Crippen molar-refractivity contribution in [2.45, 2.75) is 39.0 Å². The van der Waals surface area contributed by atoms with Crippen molar-refractivity contribution in [1.29, 1.82) is 0 Å². The fourth-order valence-corrected chi connectivity index (χ4v) is 3.59. The van der Waals surface area contributed by atoms with Gasteiger partial charge in [-0.1, -0.05) is 55.8 Å². The summed E-state index contributed by atoms with van der Waals surface area (Å²) in [5.74, 6) is 0.167. The summed E-state index contributed by atoms with van der Waals surface area (Å²) in [6.45, 7) is 7.89. The van der Waals surface area contributed by atoms with Crippen molar-refractivity contribution in [3.05, 3.63) is 64.7 Å². The zero-order chi connectivity index (χ0) is 17.0.